The van der Waals surface area contributed by atoms with Gasteiger partial charge in [-0.2, -0.15) is 0 Å². The summed E-state index contributed by atoms with van der Waals surface area (Å²) in [7, 11) is 0. The Labute approximate surface area is 134 Å². The highest BCUT2D eigenvalue weighted by molar-refractivity contribution is 6.36. The SMILES string of the molecule is NCCc1cn(Cc2c(Cl)cccc2Cl)c2ccccc12. The zero-order valence-electron chi connectivity index (χ0n) is 11.5. The second kappa shape index (κ2) is 6.10. The van der Waals surface area contributed by atoms with E-state index in [0.717, 1.165) is 12.0 Å². The number of halogens is 2. The summed E-state index contributed by atoms with van der Waals surface area (Å²) >= 11 is 12.6. The first-order valence-corrected chi connectivity index (χ1v) is 7.66. The van der Waals surface area contributed by atoms with Gasteiger partial charge < -0.3 is 10.3 Å². The highest BCUT2D eigenvalue weighted by atomic mass is 35.5. The average Bonchev–Trinajstić information content (AvgIpc) is 2.82. The van der Waals surface area contributed by atoms with Crippen LogP contribution >= 0.6 is 23.2 Å². The molecule has 2 nitrogen and oxygen atoms in total. The van der Waals surface area contributed by atoms with Gasteiger partial charge in [-0.1, -0.05) is 47.5 Å². The van der Waals surface area contributed by atoms with E-state index in [-0.39, 0.29) is 0 Å². The molecule has 0 saturated heterocycles. The monoisotopic (exact) mass is 318 g/mol. The molecule has 4 heteroatoms. The Balaban J connectivity index is 2.09. The molecule has 0 bridgehead atoms. The topological polar surface area (TPSA) is 30.9 Å². The van der Waals surface area contributed by atoms with Gasteiger partial charge in [-0.15, -0.1) is 0 Å². The minimum absolute atomic E-state index is 0.640. The van der Waals surface area contributed by atoms with Gasteiger partial charge in [0.15, 0.2) is 0 Å². The lowest BCUT2D eigenvalue weighted by atomic mass is 10.1. The number of nitrogens with zero attached hydrogens (tertiary/aromatic N) is 1. The van der Waals surface area contributed by atoms with Gasteiger partial charge in [-0.25, -0.2) is 0 Å². The Morgan fingerprint density at radius 2 is 1.67 bits per heavy atom. The van der Waals surface area contributed by atoms with Crippen LogP contribution in [0.15, 0.2) is 48.7 Å². The zero-order chi connectivity index (χ0) is 14.8. The van der Waals surface area contributed by atoms with Crippen molar-refractivity contribution in [3.05, 3.63) is 69.8 Å². The number of hydrogen-bond donors (Lipinski definition) is 1. The van der Waals surface area contributed by atoms with E-state index < -0.39 is 0 Å². The van der Waals surface area contributed by atoms with Crippen LogP contribution in [0, 0.1) is 0 Å². The zero-order valence-corrected chi connectivity index (χ0v) is 13.0. The summed E-state index contributed by atoms with van der Waals surface area (Å²) < 4.78 is 2.19. The van der Waals surface area contributed by atoms with Crippen LogP contribution in [0.5, 0.6) is 0 Å². The third-order valence-electron chi connectivity index (χ3n) is 3.67. The van der Waals surface area contributed by atoms with Crippen LogP contribution in [-0.2, 0) is 13.0 Å². The lowest BCUT2D eigenvalue weighted by molar-refractivity contribution is 0.827. The summed E-state index contributed by atoms with van der Waals surface area (Å²) in [5, 5.41) is 2.63. The fourth-order valence-electron chi connectivity index (χ4n) is 2.66. The number of hydrogen-bond acceptors (Lipinski definition) is 1. The maximum Gasteiger partial charge on any atom is 0.0505 e. The molecular weight excluding hydrogens is 303 g/mol. The molecule has 2 aromatic carbocycles. The lowest BCUT2D eigenvalue weighted by Gasteiger charge is -2.09. The second-order valence-corrected chi connectivity index (χ2v) is 5.85. The van der Waals surface area contributed by atoms with Gasteiger partial charge >= 0.3 is 0 Å². The minimum atomic E-state index is 0.640. The molecule has 0 unspecified atom stereocenters. The molecule has 0 spiro atoms. The van der Waals surface area contributed by atoms with Crippen LogP contribution in [0.2, 0.25) is 10.0 Å². The molecule has 108 valence electrons. The molecule has 0 fully saturated rings. The number of aromatic nitrogens is 1. The summed E-state index contributed by atoms with van der Waals surface area (Å²) in [5.41, 5.74) is 9.09. The van der Waals surface area contributed by atoms with Crippen molar-refractivity contribution in [2.75, 3.05) is 6.54 Å². The van der Waals surface area contributed by atoms with Crippen molar-refractivity contribution in [1.82, 2.24) is 4.57 Å². The van der Waals surface area contributed by atoms with E-state index in [1.54, 1.807) is 0 Å². The van der Waals surface area contributed by atoms with E-state index in [4.69, 9.17) is 28.9 Å². The normalized spacial score (nSPS) is 11.2. The van der Waals surface area contributed by atoms with E-state index in [9.17, 15) is 0 Å². The van der Waals surface area contributed by atoms with E-state index in [1.807, 2.05) is 24.3 Å². The van der Waals surface area contributed by atoms with Crippen molar-refractivity contribution >= 4 is 34.1 Å². The predicted molar refractivity (Wildman–Crippen MR) is 90.3 cm³/mol. The molecule has 0 atom stereocenters. The van der Waals surface area contributed by atoms with Crippen molar-refractivity contribution in [2.45, 2.75) is 13.0 Å². The standard InChI is InChI=1S/C17H16Cl2N2/c18-15-5-3-6-16(19)14(15)11-21-10-12(8-9-20)13-4-1-2-7-17(13)21/h1-7,10H,8-9,11,20H2. The Hall–Kier alpha value is -1.48. The van der Waals surface area contributed by atoms with Crippen molar-refractivity contribution in [3.8, 4) is 0 Å². The predicted octanol–water partition coefficient (Wildman–Crippen LogP) is 4.50. The molecule has 0 aliphatic rings. The first kappa shape index (κ1) is 14.5. The van der Waals surface area contributed by atoms with E-state index in [0.29, 0.717) is 23.1 Å². The number of rotatable bonds is 4. The minimum Gasteiger partial charge on any atom is -0.343 e. The van der Waals surface area contributed by atoms with E-state index >= 15 is 0 Å². The molecule has 1 aromatic heterocycles. The highest BCUT2D eigenvalue weighted by Gasteiger charge is 2.11. The molecule has 0 aliphatic heterocycles. The van der Waals surface area contributed by atoms with Crippen molar-refractivity contribution in [3.63, 3.8) is 0 Å². The second-order valence-electron chi connectivity index (χ2n) is 5.04. The molecular formula is C17H16Cl2N2. The maximum atomic E-state index is 6.28. The van der Waals surface area contributed by atoms with Crippen LogP contribution in [0.3, 0.4) is 0 Å². The van der Waals surface area contributed by atoms with E-state index in [1.165, 1.54) is 16.5 Å². The van der Waals surface area contributed by atoms with Gasteiger partial charge in [0, 0.05) is 32.7 Å². The van der Waals surface area contributed by atoms with Gasteiger partial charge in [-0.05, 0) is 36.7 Å². The fourth-order valence-corrected chi connectivity index (χ4v) is 3.18. The Bertz CT molecular complexity index is 757. The molecule has 0 aliphatic carbocycles. The van der Waals surface area contributed by atoms with Crippen LogP contribution in [0.25, 0.3) is 10.9 Å². The number of fused-ring (bicyclic) bond motifs is 1. The smallest absolute Gasteiger partial charge is 0.0505 e. The number of nitrogens with two attached hydrogens (primary N) is 1. The lowest BCUT2D eigenvalue weighted by Crippen LogP contribution is -2.02. The van der Waals surface area contributed by atoms with Gasteiger partial charge in [0.25, 0.3) is 0 Å². The van der Waals surface area contributed by atoms with Gasteiger partial charge in [0.1, 0.15) is 0 Å². The van der Waals surface area contributed by atoms with Crippen molar-refractivity contribution in [1.29, 1.82) is 0 Å². The molecule has 3 aromatic rings. The largest absolute Gasteiger partial charge is 0.343 e. The van der Waals surface area contributed by atoms with Gasteiger partial charge in [0.2, 0.25) is 0 Å². The van der Waals surface area contributed by atoms with Crippen molar-refractivity contribution < 1.29 is 0 Å². The molecule has 3 rings (SSSR count). The fraction of sp³-hybridized carbons (Fsp3) is 0.176. The summed E-state index contributed by atoms with van der Waals surface area (Å²) in [6.45, 7) is 1.30. The molecule has 2 N–H and O–H groups in total. The average molecular weight is 319 g/mol. The third kappa shape index (κ3) is 2.80. The molecule has 0 amide bonds. The summed E-state index contributed by atoms with van der Waals surface area (Å²) in [4.78, 5) is 0. The Morgan fingerprint density at radius 3 is 2.38 bits per heavy atom. The van der Waals surface area contributed by atoms with Crippen LogP contribution in [-0.4, -0.2) is 11.1 Å². The first-order chi connectivity index (χ1) is 10.2. The van der Waals surface area contributed by atoms with Gasteiger partial charge in [0.05, 0.1) is 6.54 Å². The van der Waals surface area contributed by atoms with Crippen LogP contribution in [0.1, 0.15) is 11.1 Å². The maximum absolute atomic E-state index is 6.28. The number of para-hydroxylation sites is 1. The first-order valence-electron chi connectivity index (χ1n) is 6.90. The van der Waals surface area contributed by atoms with Crippen LogP contribution in [0.4, 0.5) is 0 Å². The van der Waals surface area contributed by atoms with Gasteiger partial charge in [-0.3, -0.25) is 0 Å². The van der Waals surface area contributed by atoms with E-state index in [2.05, 4.69) is 29.0 Å². The van der Waals surface area contributed by atoms with Crippen LogP contribution < -0.4 is 5.73 Å². The number of benzene rings is 2. The molecule has 0 radical (unpaired) electrons. The summed E-state index contributed by atoms with van der Waals surface area (Å²) in [6, 6.07) is 13.9. The Kier molecular flexibility index (Phi) is 4.20. The summed E-state index contributed by atoms with van der Waals surface area (Å²) in [5.74, 6) is 0. The third-order valence-corrected chi connectivity index (χ3v) is 4.38. The molecule has 0 saturated carbocycles. The van der Waals surface area contributed by atoms with Crippen molar-refractivity contribution in [2.24, 2.45) is 5.73 Å². The quantitative estimate of drug-likeness (QED) is 0.754. The molecule has 21 heavy (non-hydrogen) atoms. The molecule has 1 heterocycles. The Morgan fingerprint density at radius 1 is 0.952 bits per heavy atom. The highest BCUT2D eigenvalue weighted by Crippen LogP contribution is 2.28. The summed E-state index contributed by atoms with van der Waals surface area (Å²) in [6.07, 6.45) is 3.01.